The van der Waals surface area contributed by atoms with Crippen LogP contribution in [-0.4, -0.2) is 19.6 Å². The number of aliphatic hydroxyl groups excluding tert-OH is 1. The van der Waals surface area contributed by atoms with Gasteiger partial charge in [-0.05, 0) is 24.6 Å². The number of hydrogen-bond donors (Lipinski definition) is 2. The zero-order valence-electron chi connectivity index (χ0n) is 9.74. The Balaban J connectivity index is 2.14. The lowest BCUT2D eigenvalue weighted by Crippen LogP contribution is -2.08. The van der Waals surface area contributed by atoms with Crippen LogP contribution in [-0.2, 0) is 13.0 Å². The molecule has 0 saturated carbocycles. The van der Waals surface area contributed by atoms with Crippen LogP contribution in [0.1, 0.15) is 24.3 Å². The third-order valence-electron chi connectivity index (χ3n) is 2.70. The molecule has 2 aromatic rings. The summed E-state index contributed by atoms with van der Waals surface area (Å²) >= 11 is 0. The second-order valence-corrected chi connectivity index (χ2v) is 3.91. The summed E-state index contributed by atoms with van der Waals surface area (Å²) in [5.74, 6) is 0.471. The van der Waals surface area contributed by atoms with Gasteiger partial charge in [0.15, 0.2) is 0 Å². The van der Waals surface area contributed by atoms with E-state index in [4.69, 9.17) is 5.73 Å². The number of aromatic nitrogens is 3. The van der Waals surface area contributed by atoms with Crippen molar-refractivity contribution in [3.05, 3.63) is 42.1 Å². The van der Waals surface area contributed by atoms with Crippen molar-refractivity contribution in [3.8, 4) is 0 Å². The Morgan fingerprint density at radius 2 is 2.35 bits per heavy atom. The summed E-state index contributed by atoms with van der Waals surface area (Å²) in [5.41, 5.74) is 7.39. The minimum absolute atomic E-state index is 0.471. The summed E-state index contributed by atoms with van der Waals surface area (Å²) < 4.78 is 1.93. The van der Waals surface area contributed by atoms with E-state index in [0.717, 1.165) is 17.8 Å². The molecule has 0 bridgehead atoms. The molecule has 0 amide bonds. The lowest BCUT2D eigenvalue weighted by molar-refractivity contribution is 0.169. The van der Waals surface area contributed by atoms with Gasteiger partial charge in [0.25, 0.3) is 0 Å². The Bertz CT molecular complexity index is 495. The van der Waals surface area contributed by atoms with Crippen LogP contribution < -0.4 is 5.73 Å². The highest BCUT2D eigenvalue weighted by Crippen LogP contribution is 2.18. The quantitative estimate of drug-likeness (QED) is 0.829. The van der Waals surface area contributed by atoms with Gasteiger partial charge >= 0.3 is 0 Å². The zero-order valence-corrected chi connectivity index (χ0v) is 9.74. The van der Waals surface area contributed by atoms with E-state index in [1.807, 2.05) is 17.6 Å². The molecule has 0 radical (unpaired) electrons. The van der Waals surface area contributed by atoms with Crippen molar-refractivity contribution in [3.63, 3.8) is 0 Å². The predicted octanol–water partition coefficient (Wildman–Crippen LogP) is 1.16. The molecular formula is C12H16N4O. The highest BCUT2D eigenvalue weighted by molar-refractivity contribution is 5.32. The van der Waals surface area contributed by atoms with Crippen LogP contribution >= 0.6 is 0 Å². The van der Waals surface area contributed by atoms with E-state index in [-0.39, 0.29) is 0 Å². The zero-order chi connectivity index (χ0) is 12.3. The van der Waals surface area contributed by atoms with Crippen LogP contribution in [0.5, 0.6) is 0 Å². The Kier molecular flexibility index (Phi) is 3.39. The molecule has 2 heterocycles. The van der Waals surface area contributed by atoms with Gasteiger partial charge in [0.2, 0.25) is 0 Å². The predicted molar refractivity (Wildman–Crippen MR) is 65.2 cm³/mol. The number of nitrogen functional groups attached to an aromatic ring is 1. The minimum atomic E-state index is -0.570. The molecule has 90 valence electrons. The van der Waals surface area contributed by atoms with Gasteiger partial charge in [-0.15, -0.1) is 0 Å². The first-order valence-electron chi connectivity index (χ1n) is 5.59. The number of aryl methyl sites for hydroxylation is 1. The van der Waals surface area contributed by atoms with Crippen molar-refractivity contribution < 1.29 is 5.11 Å². The van der Waals surface area contributed by atoms with Gasteiger partial charge in [-0.2, -0.15) is 0 Å². The molecule has 0 saturated heterocycles. The molecule has 2 aromatic heterocycles. The van der Waals surface area contributed by atoms with Gasteiger partial charge in [-0.25, -0.2) is 9.97 Å². The molecule has 0 aliphatic rings. The van der Waals surface area contributed by atoms with Crippen molar-refractivity contribution in [2.75, 3.05) is 5.73 Å². The number of nitrogens with two attached hydrogens (primary N) is 1. The highest BCUT2D eigenvalue weighted by Gasteiger charge is 2.13. The highest BCUT2D eigenvalue weighted by atomic mass is 16.3. The molecule has 1 unspecified atom stereocenters. The first-order chi connectivity index (χ1) is 8.20. The third-order valence-corrected chi connectivity index (χ3v) is 2.70. The number of hydrogen-bond acceptors (Lipinski definition) is 4. The number of pyridine rings is 1. The monoisotopic (exact) mass is 232 g/mol. The Hall–Kier alpha value is -1.88. The average molecular weight is 232 g/mol. The summed E-state index contributed by atoms with van der Waals surface area (Å²) in [5, 5.41) is 10.1. The largest absolute Gasteiger partial charge is 0.386 e. The molecule has 5 nitrogen and oxygen atoms in total. The molecule has 0 aromatic carbocycles. The fourth-order valence-corrected chi connectivity index (χ4v) is 1.82. The topological polar surface area (TPSA) is 77.0 Å². The third kappa shape index (κ3) is 2.62. The minimum Gasteiger partial charge on any atom is -0.386 e. The lowest BCUT2D eigenvalue weighted by atomic mass is 10.1. The molecule has 0 aliphatic heterocycles. The van der Waals surface area contributed by atoms with Gasteiger partial charge < -0.3 is 15.4 Å². The SMILES string of the molecule is CCn1cncc1C(O)Cc1ccnc(N)c1. The number of aliphatic hydroxyl groups is 1. The van der Waals surface area contributed by atoms with E-state index < -0.39 is 6.10 Å². The summed E-state index contributed by atoms with van der Waals surface area (Å²) in [4.78, 5) is 7.96. The van der Waals surface area contributed by atoms with Crippen LogP contribution in [0.2, 0.25) is 0 Å². The molecule has 3 N–H and O–H groups in total. The normalized spacial score (nSPS) is 12.6. The summed E-state index contributed by atoms with van der Waals surface area (Å²) in [6, 6.07) is 3.63. The van der Waals surface area contributed by atoms with E-state index in [1.165, 1.54) is 0 Å². The van der Waals surface area contributed by atoms with Crippen molar-refractivity contribution in [1.82, 2.24) is 14.5 Å². The van der Waals surface area contributed by atoms with E-state index >= 15 is 0 Å². The van der Waals surface area contributed by atoms with Gasteiger partial charge in [-0.1, -0.05) is 0 Å². The van der Waals surface area contributed by atoms with Crippen molar-refractivity contribution in [2.45, 2.75) is 26.0 Å². The van der Waals surface area contributed by atoms with Crippen LogP contribution in [0, 0.1) is 0 Å². The second-order valence-electron chi connectivity index (χ2n) is 3.91. The number of rotatable bonds is 4. The molecule has 5 heteroatoms. The van der Waals surface area contributed by atoms with Crippen molar-refractivity contribution in [2.24, 2.45) is 0 Å². The first-order valence-corrected chi connectivity index (χ1v) is 5.59. The van der Waals surface area contributed by atoms with Crippen LogP contribution in [0.3, 0.4) is 0 Å². The van der Waals surface area contributed by atoms with E-state index in [2.05, 4.69) is 9.97 Å². The van der Waals surface area contributed by atoms with E-state index in [0.29, 0.717) is 12.2 Å². The fourth-order valence-electron chi connectivity index (χ4n) is 1.82. The molecule has 2 rings (SSSR count). The van der Waals surface area contributed by atoms with Crippen LogP contribution in [0.15, 0.2) is 30.9 Å². The average Bonchev–Trinajstić information content (AvgIpc) is 2.77. The van der Waals surface area contributed by atoms with Gasteiger partial charge in [0.1, 0.15) is 5.82 Å². The van der Waals surface area contributed by atoms with E-state index in [1.54, 1.807) is 24.8 Å². The Morgan fingerprint density at radius 1 is 1.53 bits per heavy atom. The maximum absolute atomic E-state index is 10.1. The Labute approximate surface area is 99.9 Å². The number of anilines is 1. The molecule has 17 heavy (non-hydrogen) atoms. The fraction of sp³-hybridized carbons (Fsp3) is 0.333. The van der Waals surface area contributed by atoms with Crippen molar-refractivity contribution in [1.29, 1.82) is 0 Å². The summed E-state index contributed by atoms with van der Waals surface area (Å²) in [6.07, 6.45) is 5.00. The maximum Gasteiger partial charge on any atom is 0.123 e. The van der Waals surface area contributed by atoms with Crippen LogP contribution in [0.4, 0.5) is 5.82 Å². The molecule has 1 atom stereocenters. The van der Waals surface area contributed by atoms with Gasteiger partial charge in [-0.3, -0.25) is 0 Å². The number of imidazole rings is 1. The molecule has 0 fully saturated rings. The van der Waals surface area contributed by atoms with Crippen LogP contribution in [0.25, 0.3) is 0 Å². The first kappa shape index (κ1) is 11.6. The van der Waals surface area contributed by atoms with Gasteiger partial charge in [0, 0.05) is 19.2 Å². The summed E-state index contributed by atoms with van der Waals surface area (Å²) in [7, 11) is 0. The molecule has 0 spiro atoms. The molecular weight excluding hydrogens is 216 g/mol. The second kappa shape index (κ2) is 4.97. The van der Waals surface area contributed by atoms with Gasteiger partial charge in [0.05, 0.1) is 24.3 Å². The standard InChI is InChI=1S/C12H16N4O/c1-2-16-8-14-7-10(16)11(17)5-9-3-4-15-12(13)6-9/h3-4,6-8,11,17H,2,5H2,1H3,(H2,13,15). The van der Waals surface area contributed by atoms with Crippen molar-refractivity contribution >= 4 is 5.82 Å². The van der Waals surface area contributed by atoms with E-state index in [9.17, 15) is 5.11 Å². The lowest BCUT2D eigenvalue weighted by Gasteiger charge is -2.12. The number of nitrogens with zero attached hydrogens (tertiary/aromatic N) is 3. The maximum atomic E-state index is 10.1. The Morgan fingerprint density at radius 3 is 3.06 bits per heavy atom. The molecule has 0 aliphatic carbocycles. The summed E-state index contributed by atoms with van der Waals surface area (Å²) in [6.45, 7) is 2.81. The smallest absolute Gasteiger partial charge is 0.123 e.